The van der Waals surface area contributed by atoms with Crippen molar-refractivity contribution in [2.45, 2.75) is 6.61 Å². The Kier molecular flexibility index (Phi) is 7.84. The van der Waals surface area contributed by atoms with Crippen LogP contribution in [0.15, 0.2) is 41.3 Å². The van der Waals surface area contributed by atoms with E-state index in [9.17, 15) is 14.4 Å². The lowest BCUT2D eigenvalue weighted by Crippen LogP contribution is -2.34. The molecule has 3 rings (SSSR count). The number of esters is 1. The number of halogens is 2. The van der Waals surface area contributed by atoms with Crippen LogP contribution in [-0.4, -0.2) is 42.8 Å². The summed E-state index contributed by atoms with van der Waals surface area (Å²) in [6.45, 7) is -0.0911. The highest BCUT2D eigenvalue weighted by Crippen LogP contribution is 2.37. The number of methoxy groups -OCH3 is 2. The van der Waals surface area contributed by atoms with Crippen molar-refractivity contribution in [3.8, 4) is 11.5 Å². The Morgan fingerprint density at radius 3 is 2.55 bits per heavy atom. The van der Waals surface area contributed by atoms with Crippen molar-refractivity contribution in [2.24, 2.45) is 0 Å². The number of thioether (sulfide) groups is 1. The topological polar surface area (TPSA) is 82.1 Å². The SMILES string of the molecule is COC(=O)CN1C(=O)S/C(=C/c2cc(I)c(OCc3ccc(Cl)cc3)c(OC)c2)C1=O. The number of carbonyl (C=O) groups excluding carboxylic acids is 3. The number of ether oxygens (including phenoxy) is 3. The normalized spacial score (nSPS) is 14.8. The largest absolute Gasteiger partial charge is 0.493 e. The molecule has 10 heteroatoms. The van der Waals surface area contributed by atoms with Crippen molar-refractivity contribution in [1.29, 1.82) is 0 Å². The average Bonchev–Trinajstić information content (AvgIpc) is 3.01. The van der Waals surface area contributed by atoms with Crippen molar-refractivity contribution < 1.29 is 28.6 Å². The highest BCUT2D eigenvalue weighted by molar-refractivity contribution is 14.1. The van der Waals surface area contributed by atoms with Gasteiger partial charge in [0.05, 0.1) is 22.7 Å². The predicted octanol–water partition coefficient (Wildman–Crippen LogP) is 4.74. The van der Waals surface area contributed by atoms with Gasteiger partial charge in [0.1, 0.15) is 13.2 Å². The number of hydrogen-bond acceptors (Lipinski definition) is 7. The fourth-order valence-electron chi connectivity index (χ4n) is 2.68. The second-order valence-electron chi connectivity index (χ2n) is 6.29. The summed E-state index contributed by atoms with van der Waals surface area (Å²) in [5.41, 5.74) is 1.61. The fourth-order valence-corrected chi connectivity index (χ4v) is 4.43. The number of nitrogens with zero attached hydrogens (tertiary/aromatic N) is 1. The molecule has 1 saturated heterocycles. The Bertz CT molecular complexity index is 1060. The first-order valence-corrected chi connectivity index (χ1v) is 11.2. The van der Waals surface area contributed by atoms with Crippen molar-refractivity contribution >= 4 is 69.1 Å². The second-order valence-corrected chi connectivity index (χ2v) is 8.89. The van der Waals surface area contributed by atoms with Gasteiger partial charge in [-0.15, -0.1) is 0 Å². The molecule has 7 nitrogen and oxygen atoms in total. The molecule has 2 amide bonds. The summed E-state index contributed by atoms with van der Waals surface area (Å²) >= 11 is 8.79. The number of hydrogen-bond donors (Lipinski definition) is 0. The third-order valence-corrected chi connectivity index (χ3v) is 6.20. The van der Waals surface area contributed by atoms with Crippen molar-refractivity contribution in [3.05, 3.63) is 61.0 Å². The van der Waals surface area contributed by atoms with Crippen molar-refractivity contribution in [3.63, 3.8) is 0 Å². The van der Waals surface area contributed by atoms with E-state index in [1.807, 2.05) is 18.2 Å². The molecule has 0 N–H and O–H groups in total. The molecule has 1 heterocycles. The molecule has 0 spiro atoms. The highest BCUT2D eigenvalue weighted by atomic mass is 127. The molecular formula is C21H17ClINO6S. The van der Waals surface area contributed by atoms with E-state index in [0.717, 1.165) is 25.8 Å². The molecule has 2 aromatic rings. The first-order valence-electron chi connectivity index (χ1n) is 8.89. The average molecular weight is 574 g/mol. The standard InChI is InChI=1S/C21H17ClINO6S/c1-28-16-8-13(9-17-20(26)24(21(27)31-17)10-18(25)29-2)7-15(23)19(16)30-11-12-3-5-14(22)6-4-12/h3-9H,10-11H2,1-2H3/b17-9+. The molecule has 0 bridgehead atoms. The van der Waals surface area contributed by atoms with Gasteiger partial charge in [-0.3, -0.25) is 19.3 Å². The van der Waals surface area contributed by atoms with Crippen LogP contribution >= 0.6 is 46.0 Å². The Morgan fingerprint density at radius 1 is 1.19 bits per heavy atom. The molecule has 162 valence electrons. The minimum absolute atomic E-state index is 0.210. The smallest absolute Gasteiger partial charge is 0.325 e. The number of rotatable bonds is 7. The van der Waals surface area contributed by atoms with Gasteiger partial charge in [-0.1, -0.05) is 23.7 Å². The molecule has 0 aliphatic carbocycles. The van der Waals surface area contributed by atoms with Crippen LogP contribution in [0, 0.1) is 3.57 Å². The van der Waals surface area contributed by atoms with Crippen LogP contribution in [0.3, 0.4) is 0 Å². The first kappa shape index (κ1) is 23.4. The molecule has 2 aromatic carbocycles. The summed E-state index contributed by atoms with van der Waals surface area (Å²) in [5, 5.41) is 0.127. The van der Waals surface area contributed by atoms with E-state index < -0.39 is 23.7 Å². The molecule has 0 aromatic heterocycles. The molecule has 1 aliphatic heterocycles. The highest BCUT2D eigenvalue weighted by Gasteiger charge is 2.36. The van der Waals surface area contributed by atoms with Gasteiger partial charge in [-0.05, 0) is 75.8 Å². The van der Waals surface area contributed by atoms with E-state index in [1.165, 1.54) is 14.2 Å². The third-order valence-electron chi connectivity index (χ3n) is 4.23. The monoisotopic (exact) mass is 573 g/mol. The Hall–Kier alpha value is -2.24. The van der Waals surface area contributed by atoms with Gasteiger partial charge in [0.25, 0.3) is 11.1 Å². The van der Waals surface area contributed by atoms with E-state index in [4.69, 9.17) is 21.1 Å². The van der Waals surface area contributed by atoms with Gasteiger partial charge in [-0.2, -0.15) is 0 Å². The van der Waals surface area contributed by atoms with E-state index in [2.05, 4.69) is 27.3 Å². The van der Waals surface area contributed by atoms with Gasteiger partial charge in [0.2, 0.25) is 0 Å². The van der Waals surface area contributed by atoms with Gasteiger partial charge < -0.3 is 14.2 Å². The van der Waals surface area contributed by atoms with Gasteiger partial charge in [0.15, 0.2) is 11.5 Å². The molecule has 0 atom stereocenters. The molecule has 31 heavy (non-hydrogen) atoms. The van der Waals surface area contributed by atoms with E-state index in [-0.39, 0.29) is 4.91 Å². The molecule has 0 unspecified atom stereocenters. The predicted molar refractivity (Wildman–Crippen MR) is 126 cm³/mol. The first-order chi connectivity index (χ1) is 14.8. The van der Waals surface area contributed by atoms with Gasteiger partial charge in [0, 0.05) is 5.02 Å². The molecular weight excluding hydrogens is 557 g/mol. The van der Waals surface area contributed by atoms with Gasteiger partial charge in [-0.25, -0.2) is 0 Å². The summed E-state index contributed by atoms with van der Waals surface area (Å²) in [4.78, 5) is 37.1. The summed E-state index contributed by atoms with van der Waals surface area (Å²) in [7, 11) is 2.72. The number of carbonyl (C=O) groups is 3. The fraction of sp³-hybridized carbons (Fsp3) is 0.190. The molecule has 1 aliphatic rings. The maximum Gasteiger partial charge on any atom is 0.325 e. The van der Waals surface area contributed by atoms with Crippen LogP contribution in [-0.2, 0) is 20.9 Å². The molecule has 1 fully saturated rings. The quantitative estimate of drug-likeness (QED) is 0.269. The van der Waals surface area contributed by atoms with Crippen LogP contribution in [0.5, 0.6) is 11.5 Å². The van der Waals surface area contributed by atoms with Crippen LogP contribution in [0.4, 0.5) is 4.79 Å². The van der Waals surface area contributed by atoms with Gasteiger partial charge >= 0.3 is 5.97 Å². The van der Waals surface area contributed by atoms with Crippen LogP contribution in [0.2, 0.25) is 5.02 Å². The van der Waals surface area contributed by atoms with E-state index in [1.54, 1.807) is 24.3 Å². The second kappa shape index (κ2) is 10.4. The Morgan fingerprint density at radius 2 is 1.90 bits per heavy atom. The zero-order valence-electron chi connectivity index (χ0n) is 16.5. The van der Waals surface area contributed by atoms with Crippen molar-refractivity contribution in [1.82, 2.24) is 4.90 Å². The van der Waals surface area contributed by atoms with Crippen LogP contribution < -0.4 is 9.47 Å². The van der Waals surface area contributed by atoms with E-state index in [0.29, 0.717) is 28.7 Å². The zero-order chi connectivity index (χ0) is 22.5. The maximum atomic E-state index is 12.5. The van der Waals surface area contributed by atoms with Crippen molar-refractivity contribution in [2.75, 3.05) is 20.8 Å². The minimum Gasteiger partial charge on any atom is -0.493 e. The molecule has 0 radical (unpaired) electrons. The number of amides is 2. The minimum atomic E-state index is -0.665. The Labute approximate surface area is 201 Å². The summed E-state index contributed by atoms with van der Waals surface area (Å²) in [6.07, 6.45) is 1.58. The summed E-state index contributed by atoms with van der Waals surface area (Å²) in [6, 6.07) is 10.9. The Balaban J connectivity index is 1.80. The van der Waals surface area contributed by atoms with Crippen LogP contribution in [0.1, 0.15) is 11.1 Å². The third kappa shape index (κ3) is 5.72. The van der Waals surface area contributed by atoms with E-state index >= 15 is 0 Å². The van der Waals surface area contributed by atoms with Crippen LogP contribution in [0.25, 0.3) is 6.08 Å². The lowest BCUT2D eigenvalue weighted by molar-refractivity contribution is -0.143. The lowest BCUT2D eigenvalue weighted by Gasteiger charge is -2.14. The maximum absolute atomic E-state index is 12.5. The molecule has 0 saturated carbocycles. The summed E-state index contributed by atoms with van der Waals surface area (Å²) in [5.74, 6) is -0.158. The number of imide groups is 1. The zero-order valence-corrected chi connectivity index (χ0v) is 20.2. The lowest BCUT2D eigenvalue weighted by atomic mass is 10.1. The number of benzene rings is 2. The summed E-state index contributed by atoms with van der Waals surface area (Å²) < 4.78 is 16.7.